The number of nitrogens with one attached hydrogen (secondary N) is 1. The van der Waals surface area contributed by atoms with Crippen LogP contribution in [0.15, 0.2) is 30.3 Å². The number of benzene rings is 1. The van der Waals surface area contributed by atoms with Crippen LogP contribution in [0.2, 0.25) is 0 Å². The summed E-state index contributed by atoms with van der Waals surface area (Å²) < 4.78 is 5.47. The lowest BCUT2D eigenvalue weighted by molar-refractivity contribution is -0.157. The molecule has 5 rings (SSSR count). The fourth-order valence-electron chi connectivity index (χ4n) is 6.07. The first-order valence-electron chi connectivity index (χ1n) is 10.5. The second kappa shape index (κ2) is 7.29. The van der Waals surface area contributed by atoms with Crippen molar-refractivity contribution in [3.8, 4) is 0 Å². The molecule has 0 saturated heterocycles. The first-order valence-corrected chi connectivity index (χ1v) is 10.5. The van der Waals surface area contributed by atoms with Gasteiger partial charge in [0.15, 0.2) is 6.10 Å². The molecule has 1 aromatic rings. The van der Waals surface area contributed by atoms with Gasteiger partial charge in [-0.2, -0.15) is 0 Å². The lowest BCUT2D eigenvalue weighted by Crippen LogP contribution is -2.61. The molecule has 0 unspecified atom stereocenters. The van der Waals surface area contributed by atoms with Crippen LogP contribution in [-0.2, 0) is 14.3 Å². The molecule has 146 valence electrons. The molecule has 0 spiro atoms. The average Bonchev–Trinajstić information content (AvgIpc) is 2.60. The summed E-state index contributed by atoms with van der Waals surface area (Å²) in [6, 6.07) is 9.94. The van der Waals surface area contributed by atoms with E-state index >= 15 is 0 Å². The van der Waals surface area contributed by atoms with Crippen LogP contribution < -0.4 is 5.32 Å². The van der Waals surface area contributed by atoms with Crippen molar-refractivity contribution in [1.29, 1.82) is 0 Å². The molecule has 4 saturated carbocycles. The Kier molecular flexibility index (Phi) is 5.00. The molecule has 4 nitrogen and oxygen atoms in total. The van der Waals surface area contributed by atoms with Crippen molar-refractivity contribution in [3.05, 3.63) is 35.9 Å². The maximum atomic E-state index is 12.7. The van der Waals surface area contributed by atoms with E-state index in [1.807, 2.05) is 37.3 Å². The Morgan fingerprint density at radius 1 is 1.04 bits per heavy atom. The van der Waals surface area contributed by atoms with Gasteiger partial charge < -0.3 is 10.1 Å². The third-order valence-corrected chi connectivity index (χ3v) is 6.95. The van der Waals surface area contributed by atoms with Gasteiger partial charge >= 0.3 is 5.97 Å². The summed E-state index contributed by atoms with van der Waals surface area (Å²) >= 11 is 0. The summed E-state index contributed by atoms with van der Waals surface area (Å²) in [7, 11) is 0. The van der Waals surface area contributed by atoms with Crippen LogP contribution in [0.4, 0.5) is 0 Å². The maximum Gasteiger partial charge on any atom is 0.307 e. The minimum absolute atomic E-state index is 0.0379. The minimum atomic E-state index is -0.728. The van der Waals surface area contributed by atoms with E-state index < -0.39 is 6.10 Å². The number of carbonyl (C=O) groups excluding carboxylic acids is 2. The van der Waals surface area contributed by atoms with Crippen molar-refractivity contribution >= 4 is 11.9 Å². The zero-order valence-corrected chi connectivity index (χ0v) is 16.4. The summed E-state index contributed by atoms with van der Waals surface area (Å²) in [4.78, 5) is 25.0. The van der Waals surface area contributed by atoms with Crippen molar-refractivity contribution in [2.45, 2.75) is 76.4 Å². The van der Waals surface area contributed by atoms with Gasteiger partial charge in [-0.05, 0) is 74.7 Å². The number of hydrogen-bond acceptors (Lipinski definition) is 3. The lowest BCUT2D eigenvalue weighted by Gasteiger charge is -2.57. The van der Waals surface area contributed by atoms with Crippen molar-refractivity contribution in [2.24, 2.45) is 17.8 Å². The maximum absolute atomic E-state index is 12.7. The van der Waals surface area contributed by atoms with E-state index in [9.17, 15) is 9.59 Å². The molecule has 1 N–H and O–H groups in total. The largest absolute Gasteiger partial charge is 0.453 e. The highest BCUT2D eigenvalue weighted by Crippen LogP contribution is 2.55. The molecule has 4 fully saturated rings. The number of hydrogen-bond donors (Lipinski definition) is 1. The van der Waals surface area contributed by atoms with Crippen molar-refractivity contribution < 1.29 is 14.3 Å². The van der Waals surface area contributed by atoms with Gasteiger partial charge in [0.2, 0.25) is 0 Å². The highest BCUT2D eigenvalue weighted by molar-refractivity contribution is 5.84. The molecule has 0 heterocycles. The molecule has 4 heteroatoms. The van der Waals surface area contributed by atoms with E-state index in [0.29, 0.717) is 6.42 Å². The highest BCUT2D eigenvalue weighted by Gasteiger charge is 2.51. The van der Waals surface area contributed by atoms with Gasteiger partial charge in [-0.25, -0.2) is 0 Å². The predicted molar refractivity (Wildman–Crippen MR) is 104 cm³/mol. The van der Waals surface area contributed by atoms with Crippen LogP contribution in [0.3, 0.4) is 0 Å². The summed E-state index contributed by atoms with van der Waals surface area (Å²) in [5, 5.41) is 3.30. The zero-order chi connectivity index (χ0) is 19.0. The van der Waals surface area contributed by atoms with Gasteiger partial charge in [-0.1, -0.05) is 37.3 Å². The molecule has 4 aliphatic carbocycles. The van der Waals surface area contributed by atoms with Crippen LogP contribution in [-0.4, -0.2) is 23.5 Å². The Labute approximate surface area is 162 Å². The second-order valence-electron chi connectivity index (χ2n) is 9.34. The fourth-order valence-corrected chi connectivity index (χ4v) is 6.07. The lowest BCUT2D eigenvalue weighted by atomic mass is 9.53. The van der Waals surface area contributed by atoms with E-state index in [1.165, 1.54) is 19.3 Å². The van der Waals surface area contributed by atoms with Crippen LogP contribution in [0, 0.1) is 17.8 Å². The third kappa shape index (κ3) is 4.04. The van der Waals surface area contributed by atoms with Crippen molar-refractivity contribution in [2.75, 3.05) is 0 Å². The molecule has 27 heavy (non-hydrogen) atoms. The van der Waals surface area contributed by atoms with Crippen LogP contribution >= 0.6 is 0 Å². The summed E-state index contributed by atoms with van der Waals surface area (Å²) in [6.07, 6.45) is 6.92. The number of ether oxygens (including phenoxy) is 1. The Morgan fingerprint density at radius 2 is 1.59 bits per heavy atom. The second-order valence-corrected chi connectivity index (χ2v) is 9.34. The Hall–Kier alpha value is -1.84. The molecule has 0 radical (unpaired) electrons. The molecule has 1 amide bonds. The third-order valence-electron chi connectivity index (χ3n) is 6.95. The zero-order valence-electron chi connectivity index (χ0n) is 16.4. The van der Waals surface area contributed by atoms with Gasteiger partial charge in [0.05, 0.1) is 6.42 Å². The van der Waals surface area contributed by atoms with Crippen molar-refractivity contribution in [3.63, 3.8) is 0 Å². The van der Waals surface area contributed by atoms with E-state index in [4.69, 9.17) is 4.74 Å². The van der Waals surface area contributed by atoms with Gasteiger partial charge in [0.25, 0.3) is 5.91 Å². The normalized spacial score (nSPS) is 33.3. The molecule has 4 aliphatic rings. The Bertz CT molecular complexity index is 664. The molecule has 4 bridgehead atoms. The summed E-state index contributed by atoms with van der Waals surface area (Å²) in [5.74, 6) is 1.98. The summed E-state index contributed by atoms with van der Waals surface area (Å²) in [5.41, 5.74) is 1.07. The number of esters is 1. The Morgan fingerprint density at radius 3 is 2.15 bits per heavy atom. The number of rotatable bonds is 6. The standard InChI is InChI=1S/C23H31NO3/c1-15(20-6-4-3-5-7-20)8-21(25)27-16(2)22(26)24-23-12-17-9-18(13-23)11-19(10-17)14-23/h3-7,15-19H,8-14H2,1-2H3,(H,24,26)/t15-,16+,17?,18?,19?,23?/m1/s1. The van der Waals surface area contributed by atoms with E-state index in [2.05, 4.69) is 5.32 Å². The van der Waals surface area contributed by atoms with E-state index in [-0.39, 0.29) is 23.3 Å². The molecule has 1 aromatic carbocycles. The van der Waals surface area contributed by atoms with Gasteiger partial charge in [-0.3, -0.25) is 9.59 Å². The van der Waals surface area contributed by atoms with Gasteiger partial charge in [0.1, 0.15) is 0 Å². The number of amides is 1. The SMILES string of the molecule is C[C@H](OC(=O)C[C@@H](C)c1ccccc1)C(=O)NC12CC3CC(CC(C3)C1)C2. The molecule has 0 aromatic heterocycles. The predicted octanol–water partition coefficient (Wildman–Crippen LogP) is 4.20. The highest BCUT2D eigenvalue weighted by atomic mass is 16.5. The van der Waals surface area contributed by atoms with Gasteiger partial charge in [0, 0.05) is 5.54 Å². The smallest absolute Gasteiger partial charge is 0.307 e. The molecular weight excluding hydrogens is 338 g/mol. The topological polar surface area (TPSA) is 55.4 Å². The van der Waals surface area contributed by atoms with Crippen LogP contribution in [0.25, 0.3) is 0 Å². The number of carbonyl (C=O) groups is 2. The summed E-state index contributed by atoms with van der Waals surface area (Å²) in [6.45, 7) is 3.71. The average molecular weight is 370 g/mol. The monoisotopic (exact) mass is 369 g/mol. The minimum Gasteiger partial charge on any atom is -0.453 e. The van der Waals surface area contributed by atoms with E-state index in [1.54, 1.807) is 6.92 Å². The van der Waals surface area contributed by atoms with Crippen LogP contribution in [0.5, 0.6) is 0 Å². The molecule has 0 aliphatic heterocycles. The van der Waals surface area contributed by atoms with E-state index in [0.717, 1.165) is 42.6 Å². The quantitative estimate of drug-likeness (QED) is 0.765. The van der Waals surface area contributed by atoms with Crippen LogP contribution in [0.1, 0.15) is 70.3 Å². The first kappa shape index (κ1) is 18.5. The van der Waals surface area contributed by atoms with Crippen molar-refractivity contribution in [1.82, 2.24) is 5.32 Å². The van der Waals surface area contributed by atoms with Gasteiger partial charge in [-0.15, -0.1) is 0 Å². The Balaban J connectivity index is 1.30. The molecular formula is C23H31NO3. The fraction of sp³-hybridized carbons (Fsp3) is 0.652. The molecule has 2 atom stereocenters. The first-order chi connectivity index (χ1) is 12.9.